The summed E-state index contributed by atoms with van der Waals surface area (Å²) in [5, 5.41) is 7.59. The van der Waals surface area contributed by atoms with Gasteiger partial charge in [0.15, 0.2) is 0 Å². The van der Waals surface area contributed by atoms with Crippen LogP contribution in [0.3, 0.4) is 0 Å². The molecule has 0 saturated carbocycles. The highest BCUT2D eigenvalue weighted by Gasteiger charge is 2.35. The quantitative estimate of drug-likeness (QED) is 0.928. The molecule has 2 atom stereocenters. The van der Waals surface area contributed by atoms with Crippen molar-refractivity contribution in [3.8, 4) is 0 Å². The third-order valence-corrected chi connectivity index (χ3v) is 5.74. The van der Waals surface area contributed by atoms with Gasteiger partial charge < -0.3 is 4.90 Å². The molecule has 1 N–H and O–H groups in total. The van der Waals surface area contributed by atoms with Crippen LogP contribution in [0, 0.1) is 5.82 Å². The van der Waals surface area contributed by atoms with E-state index in [1.807, 2.05) is 19.3 Å². The van der Waals surface area contributed by atoms with Crippen molar-refractivity contribution < 1.29 is 9.18 Å². The molecule has 2 aromatic rings. The zero-order chi connectivity index (χ0) is 16.7. The second-order valence-electron chi connectivity index (χ2n) is 6.24. The van der Waals surface area contributed by atoms with Crippen LogP contribution in [0.4, 0.5) is 10.1 Å². The molecule has 1 aromatic heterocycles. The summed E-state index contributed by atoms with van der Waals surface area (Å²) in [6, 6.07) is 4.73. The lowest BCUT2D eigenvalue weighted by Gasteiger charge is -2.28. The van der Waals surface area contributed by atoms with Gasteiger partial charge in [-0.3, -0.25) is 14.8 Å². The maximum Gasteiger partial charge on any atom is 0.244 e. The molecule has 0 spiro atoms. The van der Waals surface area contributed by atoms with Gasteiger partial charge in [-0.05, 0) is 42.4 Å². The molecular weight excluding hydrogens is 327 g/mol. The molecule has 4 rings (SSSR count). The van der Waals surface area contributed by atoms with Gasteiger partial charge in [-0.1, -0.05) is 0 Å². The topological polar surface area (TPSA) is 50.2 Å². The van der Waals surface area contributed by atoms with Gasteiger partial charge in [0.05, 0.1) is 17.9 Å². The monoisotopic (exact) mass is 346 g/mol. The third-order valence-electron chi connectivity index (χ3n) is 4.62. The number of anilines is 1. The molecule has 1 aromatic carbocycles. The van der Waals surface area contributed by atoms with Crippen LogP contribution in [0.15, 0.2) is 35.5 Å². The van der Waals surface area contributed by atoms with Gasteiger partial charge in [0.1, 0.15) is 5.82 Å². The van der Waals surface area contributed by atoms with Gasteiger partial charge in [-0.15, -0.1) is 11.8 Å². The molecular formula is C17H19FN4OS. The highest BCUT2D eigenvalue weighted by Crippen LogP contribution is 2.37. The molecule has 5 nitrogen and oxygen atoms in total. The van der Waals surface area contributed by atoms with Crippen molar-refractivity contribution in [3.05, 3.63) is 42.0 Å². The normalized spacial score (nSPS) is 23.6. The van der Waals surface area contributed by atoms with Crippen LogP contribution < -0.4 is 10.2 Å². The minimum absolute atomic E-state index is 0.0275. The zero-order valence-corrected chi connectivity index (χ0v) is 14.2. The molecule has 7 heteroatoms. The van der Waals surface area contributed by atoms with Gasteiger partial charge >= 0.3 is 0 Å². The Labute approximate surface area is 144 Å². The number of carbonyl (C=O) groups excluding carboxylic acids is 1. The van der Waals surface area contributed by atoms with Crippen LogP contribution in [0.1, 0.15) is 24.4 Å². The van der Waals surface area contributed by atoms with E-state index in [-0.39, 0.29) is 23.8 Å². The Morgan fingerprint density at radius 2 is 2.21 bits per heavy atom. The first-order valence-corrected chi connectivity index (χ1v) is 9.09. The van der Waals surface area contributed by atoms with E-state index in [2.05, 4.69) is 10.4 Å². The highest BCUT2D eigenvalue weighted by molar-refractivity contribution is 7.99. The molecule has 0 aliphatic carbocycles. The van der Waals surface area contributed by atoms with Crippen LogP contribution in [-0.2, 0) is 11.8 Å². The number of benzene rings is 1. The molecule has 0 radical (unpaired) electrons. The maximum atomic E-state index is 13.6. The molecule has 0 bridgehead atoms. The van der Waals surface area contributed by atoms with E-state index in [1.165, 1.54) is 6.07 Å². The van der Waals surface area contributed by atoms with E-state index in [1.54, 1.807) is 33.6 Å². The fourth-order valence-electron chi connectivity index (χ4n) is 3.42. The summed E-state index contributed by atoms with van der Waals surface area (Å²) in [6.45, 7) is 0.680. The first-order chi connectivity index (χ1) is 11.6. The Kier molecular flexibility index (Phi) is 4.05. The number of nitrogens with one attached hydrogen (secondary N) is 1. The number of hydrogen-bond acceptors (Lipinski definition) is 4. The number of hydrogen-bond donors (Lipinski definition) is 1. The van der Waals surface area contributed by atoms with Crippen LogP contribution in [0.5, 0.6) is 0 Å². The van der Waals surface area contributed by atoms with E-state index in [0.29, 0.717) is 6.54 Å². The minimum Gasteiger partial charge on any atom is -0.308 e. The van der Waals surface area contributed by atoms with Gasteiger partial charge in [0, 0.05) is 30.7 Å². The molecule has 126 valence electrons. The van der Waals surface area contributed by atoms with Gasteiger partial charge in [0.25, 0.3) is 0 Å². The summed E-state index contributed by atoms with van der Waals surface area (Å²) in [7, 11) is 1.84. The lowest BCUT2D eigenvalue weighted by molar-refractivity contribution is -0.119. The van der Waals surface area contributed by atoms with E-state index in [0.717, 1.165) is 34.7 Å². The van der Waals surface area contributed by atoms with Crippen LogP contribution >= 0.6 is 11.8 Å². The average Bonchev–Trinajstić information content (AvgIpc) is 3.14. The molecule has 1 saturated heterocycles. The van der Waals surface area contributed by atoms with Crippen molar-refractivity contribution in [1.82, 2.24) is 15.1 Å². The van der Waals surface area contributed by atoms with Crippen molar-refractivity contribution in [1.29, 1.82) is 0 Å². The Hall–Kier alpha value is -1.86. The first-order valence-electron chi connectivity index (χ1n) is 8.10. The van der Waals surface area contributed by atoms with Crippen LogP contribution in [0.2, 0.25) is 0 Å². The van der Waals surface area contributed by atoms with Crippen molar-refractivity contribution in [2.45, 2.75) is 29.8 Å². The molecule has 24 heavy (non-hydrogen) atoms. The van der Waals surface area contributed by atoms with E-state index in [4.69, 9.17) is 0 Å². The number of rotatable bonds is 3. The zero-order valence-electron chi connectivity index (χ0n) is 13.4. The minimum atomic E-state index is -0.227. The number of nitrogens with zero attached hydrogens (tertiary/aromatic N) is 3. The fraction of sp³-hybridized carbons (Fsp3) is 0.412. The third kappa shape index (κ3) is 2.82. The van der Waals surface area contributed by atoms with Crippen molar-refractivity contribution in [2.75, 3.05) is 17.2 Å². The predicted octanol–water partition coefficient (Wildman–Crippen LogP) is 2.49. The molecule has 2 aliphatic rings. The van der Waals surface area contributed by atoms with E-state index < -0.39 is 0 Å². The molecule has 0 unspecified atom stereocenters. The standard InChI is InChI=1S/C17H19FN4OS/c1-21-10-12(9-19-21)22-6-4-15(17(22)23)20-14-5-7-24-16-3-2-11(18)8-13(14)16/h2-3,8-10,14-15,20H,4-7H2,1H3/t14-,15-/m0/s1. The Morgan fingerprint density at radius 1 is 1.33 bits per heavy atom. The fourth-order valence-corrected chi connectivity index (χ4v) is 4.53. The van der Waals surface area contributed by atoms with Crippen molar-refractivity contribution in [3.63, 3.8) is 0 Å². The van der Waals surface area contributed by atoms with E-state index in [9.17, 15) is 9.18 Å². The average molecular weight is 346 g/mol. The summed E-state index contributed by atoms with van der Waals surface area (Å²) in [5.74, 6) is 0.820. The number of aromatic nitrogens is 2. The predicted molar refractivity (Wildman–Crippen MR) is 91.6 cm³/mol. The van der Waals surface area contributed by atoms with Crippen LogP contribution in [-0.4, -0.2) is 34.0 Å². The number of aryl methyl sites for hydroxylation is 1. The van der Waals surface area contributed by atoms with Gasteiger partial charge in [-0.25, -0.2) is 4.39 Å². The lowest BCUT2D eigenvalue weighted by Crippen LogP contribution is -2.41. The lowest BCUT2D eigenvalue weighted by atomic mass is 10.0. The Morgan fingerprint density at radius 3 is 3.00 bits per heavy atom. The number of thioether (sulfide) groups is 1. The van der Waals surface area contributed by atoms with Gasteiger partial charge in [0.2, 0.25) is 5.91 Å². The molecule has 1 amide bonds. The number of amides is 1. The largest absolute Gasteiger partial charge is 0.308 e. The molecule has 3 heterocycles. The molecule has 2 aliphatic heterocycles. The number of fused-ring (bicyclic) bond motifs is 1. The summed E-state index contributed by atoms with van der Waals surface area (Å²) < 4.78 is 15.3. The molecule has 1 fully saturated rings. The highest BCUT2D eigenvalue weighted by atomic mass is 32.2. The van der Waals surface area contributed by atoms with Gasteiger partial charge in [-0.2, -0.15) is 5.10 Å². The summed E-state index contributed by atoms with van der Waals surface area (Å²) >= 11 is 1.75. The van der Waals surface area contributed by atoms with E-state index >= 15 is 0 Å². The first kappa shape index (κ1) is 15.7. The van der Waals surface area contributed by atoms with Crippen LogP contribution in [0.25, 0.3) is 0 Å². The van der Waals surface area contributed by atoms with Crippen molar-refractivity contribution >= 4 is 23.4 Å². The number of halogens is 1. The Balaban J connectivity index is 1.51. The Bertz CT molecular complexity index is 778. The second kappa shape index (κ2) is 6.22. The SMILES string of the molecule is Cn1cc(N2CC[C@H](N[C@H]3CCSc4ccc(F)cc43)C2=O)cn1. The number of carbonyl (C=O) groups is 1. The summed E-state index contributed by atoms with van der Waals surface area (Å²) in [5.41, 5.74) is 1.80. The smallest absolute Gasteiger partial charge is 0.244 e. The second-order valence-corrected chi connectivity index (χ2v) is 7.38. The maximum absolute atomic E-state index is 13.6. The van der Waals surface area contributed by atoms with Crippen molar-refractivity contribution in [2.24, 2.45) is 7.05 Å². The summed E-state index contributed by atoms with van der Waals surface area (Å²) in [6.07, 6.45) is 5.21. The summed E-state index contributed by atoms with van der Waals surface area (Å²) in [4.78, 5) is 15.6.